The van der Waals surface area contributed by atoms with E-state index in [9.17, 15) is 9.90 Å². The van der Waals surface area contributed by atoms with E-state index in [1.807, 2.05) is 13.0 Å². The summed E-state index contributed by atoms with van der Waals surface area (Å²) in [5, 5.41) is 9.56. The molecule has 1 aromatic carbocycles. The quantitative estimate of drug-likeness (QED) is 0.897. The first-order valence-corrected chi connectivity index (χ1v) is 6.99. The van der Waals surface area contributed by atoms with Crippen molar-refractivity contribution in [1.82, 2.24) is 0 Å². The van der Waals surface area contributed by atoms with Crippen LogP contribution < -0.4 is 4.90 Å². The van der Waals surface area contributed by atoms with Gasteiger partial charge in [0.1, 0.15) is 5.75 Å². The van der Waals surface area contributed by atoms with E-state index in [-0.39, 0.29) is 16.9 Å². The third-order valence-corrected chi connectivity index (χ3v) is 4.29. The van der Waals surface area contributed by atoms with Crippen LogP contribution in [-0.2, 0) is 4.79 Å². The van der Waals surface area contributed by atoms with Gasteiger partial charge in [-0.1, -0.05) is 6.07 Å². The summed E-state index contributed by atoms with van der Waals surface area (Å²) in [7, 11) is 0. The summed E-state index contributed by atoms with van der Waals surface area (Å²) in [6.45, 7) is 2.60. The van der Waals surface area contributed by atoms with Gasteiger partial charge < -0.3 is 10.0 Å². The Morgan fingerprint density at radius 1 is 1.59 bits per heavy atom. The molecular weight excluding hydrogens is 234 g/mol. The van der Waals surface area contributed by atoms with Gasteiger partial charge in [0.05, 0.1) is 5.25 Å². The molecule has 1 fully saturated rings. The number of rotatable bonds is 3. The number of thioether (sulfide) groups is 1. The van der Waals surface area contributed by atoms with Crippen molar-refractivity contribution in [2.45, 2.75) is 25.0 Å². The zero-order valence-corrected chi connectivity index (χ0v) is 10.7. The minimum atomic E-state index is 0.0947. The van der Waals surface area contributed by atoms with Gasteiger partial charge in [0, 0.05) is 18.3 Å². The van der Waals surface area contributed by atoms with Gasteiger partial charge in [-0.05, 0) is 37.7 Å². The van der Waals surface area contributed by atoms with Crippen molar-refractivity contribution in [3.05, 3.63) is 24.3 Å². The molecule has 0 aliphatic carbocycles. The lowest BCUT2D eigenvalue weighted by atomic mass is 10.2. The molecule has 4 heteroatoms. The van der Waals surface area contributed by atoms with Crippen LogP contribution in [0.5, 0.6) is 5.75 Å². The number of benzene rings is 1. The molecule has 1 N–H and O–H groups in total. The molecule has 0 aromatic heterocycles. The Balaban J connectivity index is 2.17. The predicted octanol–water partition coefficient (Wildman–Crippen LogP) is 2.64. The summed E-state index contributed by atoms with van der Waals surface area (Å²) in [6, 6.07) is 6.89. The fourth-order valence-electron chi connectivity index (χ4n) is 2.07. The van der Waals surface area contributed by atoms with Crippen LogP contribution in [0.2, 0.25) is 0 Å². The lowest BCUT2D eigenvalue weighted by Gasteiger charge is -2.24. The maximum absolute atomic E-state index is 12.3. The van der Waals surface area contributed by atoms with Crippen molar-refractivity contribution in [2.75, 3.05) is 17.2 Å². The largest absolute Gasteiger partial charge is 0.508 e. The second-order valence-corrected chi connectivity index (χ2v) is 5.41. The molecule has 0 radical (unpaired) electrons. The molecule has 0 bridgehead atoms. The molecule has 0 spiro atoms. The molecule has 1 saturated heterocycles. The fraction of sp³-hybridized carbons (Fsp3) is 0.462. The standard InChI is InChI=1S/C13H17NO2S/c1-2-14(10-5-3-6-11(15)9-10)13(16)12-7-4-8-17-12/h3,5-6,9,12,15H,2,4,7-8H2,1H3. The zero-order valence-electron chi connectivity index (χ0n) is 9.93. The summed E-state index contributed by atoms with van der Waals surface area (Å²) >= 11 is 1.74. The Labute approximate surface area is 106 Å². The van der Waals surface area contributed by atoms with Gasteiger partial charge in [0.2, 0.25) is 5.91 Å². The zero-order chi connectivity index (χ0) is 12.3. The van der Waals surface area contributed by atoms with E-state index in [1.165, 1.54) is 0 Å². The van der Waals surface area contributed by atoms with Crippen LogP contribution in [0, 0.1) is 0 Å². The van der Waals surface area contributed by atoms with E-state index in [4.69, 9.17) is 0 Å². The topological polar surface area (TPSA) is 40.5 Å². The number of phenols is 1. The van der Waals surface area contributed by atoms with Gasteiger partial charge in [-0.3, -0.25) is 4.79 Å². The minimum absolute atomic E-state index is 0.0947. The van der Waals surface area contributed by atoms with Crippen molar-refractivity contribution < 1.29 is 9.90 Å². The van der Waals surface area contributed by atoms with E-state index in [1.54, 1.807) is 34.9 Å². The Hall–Kier alpha value is -1.16. The number of hydrogen-bond acceptors (Lipinski definition) is 3. The molecule has 1 heterocycles. The highest BCUT2D eigenvalue weighted by molar-refractivity contribution is 8.00. The SMILES string of the molecule is CCN(C(=O)C1CCCS1)c1cccc(O)c1. The maximum atomic E-state index is 12.3. The van der Waals surface area contributed by atoms with Gasteiger partial charge in [-0.25, -0.2) is 0 Å². The van der Waals surface area contributed by atoms with Crippen molar-refractivity contribution in [3.63, 3.8) is 0 Å². The third kappa shape index (κ3) is 2.75. The second-order valence-electron chi connectivity index (χ2n) is 4.10. The highest BCUT2D eigenvalue weighted by Crippen LogP contribution is 2.30. The van der Waals surface area contributed by atoms with E-state index in [0.717, 1.165) is 24.3 Å². The molecule has 3 nitrogen and oxygen atoms in total. The van der Waals surface area contributed by atoms with E-state index < -0.39 is 0 Å². The summed E-state index contributed by atoms with van der Waals surface area (Å²) in [5.41, 5.74) is 0.782. The van der Waals surface area contributed by atoms with Gasteiger partial charge in [-0.2, -0.15) is 0 Å². The number of amides is 1. The van der Waals surface area contributed by atoms with Crippen LogP contribution in [0.15, 0.2) is 24.3 Å². The maximum Gasteiger partial charge on any atom is 0.240 e. The normalized spacial score (nSPS) is 19.2. The van der Waals surface area contributed by atoms with E-state index in [2.05, 4.69) is 0 Å². The number of nitrogens with zero attached hydrogens (tertiary/aromatic N) is 1. The Morgan fingerprint density at radius 2 is 2.41 bits per heavy atom. The number of aromatic hydroxyl groups is 1. The third-order valence-electron chi connectivity index (χ3n) is 2.93. The molecular formula is C13H17NO2S. The molecule has 1 aromatic rings. The molecule has 1 amide bonds. The molecule has 92 valence electrons. The first-order valence-electron chi connectivity index (χ1n) is 5.94. The smallest absolute Gasteiger partial charge is 0.240 e. The van der Waals surface area contributed by atoms with Crippen molar-refractivity contribution in [1.29, 1.82) is 0 Å². The summed E-state index contributed by atoms with van der Waals surface area (Å²) in [6.07, 6.45) is 2.09. The highest BCUT2D eigenvalue weighted by atomic mass is 32.2. The van der Waals surface area contributed by atoms with Crippen LogP contribution in [0.25, 0.3) is 0 Å². The second kappa shape index (κ2) is 5.45. The molecule has 1 atom stereocenters. The summed E-state index contributed by atoms with van der Waals surface area (Å²) in [4.78, 5) is 14.1. The fourth-order valence-corrected chi connectivity index (χ4v) is 3.29. The van der Waals surface area contributed by atoms with Crippen LogP contribution in [0.3, 0.4) is 0 Å². The molecule has 2 rings (SSSR count). The van der Waals surface area contributed by atoms with Gasteiger partial charge in [-0.15, -0.1) is 11.8 Å². The first-order chi connectivity index (χ1) is 8.22. The number of carbonyl (C=O) groups is 1. The summed E-state index contributed by atoms with van der Waals surface area (Å²) in [5.74, 6) is 1.45. The van der Waals surface area contributed by atoms with Crippen molar-refractivity contribution in [2.24, 2.45) is 0 Å². The Bertz CT molecular complexity index is 402. The number of anilines is 1. The minimum Gasteiger partial charge on any atom is -0.508 e. The van der Waals surface area contributed by atoms with E-state index in [0.29, 0.717) is 6.54 Å². The highest BCUT2D eigenvalue weighted by Gasteiger charge is 2.27. The van der Waals surface area contributed by atoms with Crippen molar-refractivity contribution >= 4 is 23.4 Å². The molecule has 17 heavy (non-hydrogen) atoms. The number of carbonyl (C=O) groups excluding carboxylic acids is 1. The Morgan fingerprint density at radius 3 is 3.00 bits per heavy atom. The number of phenolic OH excluding ortho intramolecular Hbond substituents is 1. The molecule has 1 unspecified atom stereocenters. The monoisotopic (exact) mass is 251 g/mol. The van der Waals surface area contributed by atoms with Crippen LogP contribution in [-0.4, -0.2) is 28.6 Å². The van der Waals surface area contributed by atoms with Gasteiger partial charge in [0.15, 0.2) is 0 Å². The molecule has 0 saturated carbocycles. The lowest BCUT2D eigenvalue weighted by Crippen LogP contribution is -2.36. The lowest BCUT2D eigenvalue weighted by molar-refractivity contribution is -0.118. The van der Waals surface area contributed by atoms with Crippen LogP contribution >= 0.6 is 11.8 Å². The predicted molar refractivity (Wildman–Crippen MR) is 71.6 cm³/mol. The van der Waals surface area contributed by atoms with Crippen LogP contribution in [0.1, 0.15) is 19.8 Å². The number of hydrogen-bond donors (Lipinski definition) is 1. The van der Waals surface area contributed by atoms with Gasteiger partial charge in [0.25, 0.3) is 0 Å². The summed E-state index contributed by atoms with van der Waals surface area (Å²) < 4.78 is 0. The van der Waals surface area contributed by atoms with Gasteiger partial charge >= 0.3 is 0 Å². The Kier molecular flexibility index (Phi) is 3.94. The first kappa shape index (κ1) is 12.3. The van der Waals surface area contributed by atoms with Crippen LogP contribution in [0.4, 0.5) is 5.69 Å². The van der Waals surface area contributed by atoms with Crippen molar-refractivity contribution in [3.8, 4) is 5.75 Å². The van der Waals surface area contributed by atoms with E-state index >= 15 is 0 Å². The average molecular weight is 251 g/mol. The molecule has 1 aliphatic heterocycles. The molecule has 1 aliphatic rings. The average Bonchev–Trinajstić information content (AvgIpc) is 2.83.